The summed E-state index contributed by atoms with van der Waals surface area (Å²) < 4.78 is 3.76. The fourth-order valence-corrected chi connectivity index (χ4v) is 5.94. The first kappa shape index (κ1) is 20.5. The lowest BCUT2D eigenvalue weighted by Crippen LogP contribution is -2.47. The Morgan fingerprint density at radius 2 is 1.39 bits per heavy atom. The maximum Gasteiger partial charge on any atom is 0.207 e. The number of hydrogen-bond acceptors (Lipinski definition) is 4. The summed E-state index contributed by atoms with van der Waals surface area (Å²) in [5.41, 5.74) is 4.02. The number of nitrogens with zero attached hydrogens (tertiary/aromatic N) is 4. The lowest BCUT2D eigenvalue weighted by atomic mass is 10.1. The highest BCUT2D eigenvalue weighted by atomic mass is 32.1. The third-order valence-corrected chi connectivity index (χ3v) is 7.72. The number of anilines is 1. The van der Waals surface area contributed by atoms with E-state index in [9.17, 15) is 0 Å². The van der Waals surface area contributed by atoms with Crippen LogP contribution in [0, 0.1) is 0 Å². The van der Waals surface area contributed by atoms with Crippen LogP contribution in [0.25, 0.3) is 20.4 Å². The van der Waals surface area contributed by atoms with Gasteiger partial charge in [0.05, 0.1) is 12.1 Å². The van der Waals surface area contributed by atoms with E-state index in [1.54, 1.807) is 0 Å². The van der Waals surface area contributed by atoms with Gasteiger partial charge in [-0.3, -0.25) is 4.90 Å². The lowest BCUT2D eigenvalue weighted by Gasteiger charge is -2.35. The zero-order chi connectivity index (χ0) is 22.0. The first-order valence-electron chi connectivity index (χ1n) is 11.8. The Bertz CT molecular complexity index is 1350. The van der Waals surface area contributed by atoms with E-state index >= 15 is 0 Å². The Hall–Kier alpha value is -3.15. The van der Waals surface area contributed by atoms with Crippen LogP contribution >= 0.6 is 11.3 Å². The summed E-state index contributed by atoms with van der Waals surface area (Å²) in [4.78, 5) is 11.4. The van der Waals surface area contributed by atoms with Crippen LogP contribution < -0.4 is 4.90 Å². The van der Waals surface area contributed by atoms with Crippen molar-refractivity contribution in [3.8, 4) is 0 Å². The third kappa shape index (κ3) is 4.14. The summed E-state index contributed by atoms with van der Waals surface area (Å²) in [6, 6.07) is 30.3. The molecule has 5 aromatic rings. The molecule has 3 aromatic carbocycles. The molecule has 1 fully saturated rings. The smallest absolute Gasteiger partial charge is 0.207 e. The Kier molecular flexibility index (Phi) is 5.58. The van der Waals surface area contributed by atoms with Crippen LogP contribution in [0.1, 0.15) is 11.1 Å². The van der Waals surface area contributed by atoms with Crippen LogP contribution in [0.5, 0.6) is 0 Å². The molecule has 1 saturated heterocycles. The average molecular weight is 453 g/mol. The summed E-state index contributed by atoms with van der Waals surface area (Å²) in [5.74, 6) is 1.12. The van der Waals surface area contributed by atoms with Crippen LogP contribution in [-0.4, -0.2) is 47.2 Å². The first-order valence-corrected chi connectivity index (χ1v) is 12.6. The van der Waals surface area contributed by atoms with E-state index in [0.717, 1.165) is 56.5 Å². The lowest BCUT2D eigenvalue weighted by molar-refractivity contribution is 0.259. The minimum Gasteiger partial charge on any atom is -0.340 e. The fraction of sp³-hybridized carbons (Fsp3) is 0.250. The van der Waals surface area contributed by atoms with Gasteiger partial charge >= 0.3 is 0 Å². The molecule has 5 heteroatoms. The van der Waals surface area contributed by atoms with Gasteiger partial charge in [0.15, 0.2) is 0 Å². The van der Waals surface area contributed by atoms with Crippen molar-refractivity contribution in [1.82, 2.24) is 14.5 Å². The van der Waals surface area contributed by atoms with Gasteiger partial charge in [0.2, 0.25) is 5.95 Å². The van der Waals surface area contributed by atoms with Gasteiger partial charge in [0.1, 0.15) is 4.83 Å². The molecular weight excluding hydrogens is 424 g/mol. The quantitative estimate of drug-likeness (QED) is 0.332. The SMILES string of the molecule is c1ccc(CCN2CCN(c3nc4sc5ccccc5c4n3Cc3ccccc3)CC2)cc1. The molecule has 33 heavy (non-hydrogen) atoms. The van der Waals surface area contributed by atoms with E-state index < -0.39 is 0 Å². The van der Waals surface area contributed by atoms with Crippen LogP contribution in [0.4, 0.5) is 5.95 Å². The number of thiophene rings is 1. The number of aromatic nitrogens is 2. The van der Waals surface area contributed by atoms with Crippen molar-refractivity contribution in [3.63, 3.8) is 0 Å². The highest BCUT2D eigenvalue weighted by Gasteiger charge is 2.24. The van der Waals surface area contributed by atoms with E-state index in [2.05, 4.69) is 99.3 Å². The maximum atomic E-state index is 5.18. The molecule has 0 spiro atoms. The van der Waals surface area contributed by atoms with Crippen LogP contribution in [0.2, 0.25) is 0 Å². The molecule has 6 rings (SSSR count). The second kappa shape index (κ2) is 9.00. The second-order valence-corrected chi connectivity index (χ2v) is 9.83. The number of rotatable bonds is 6. The maximum absolute atomic E-state index is 5.18. The monoisotopic (exact) mass is 452 g/mol. The predicted molar refractivity (Wildman–Crippen MR) is 139 cm³/mol. The molecule has 0 bridgehead atoms. The number of piperazine rings is 1. The fourth-order valence-electron chi connectivity index (χ4n) is 4.87. The molecule has 3 heterocycles. The van der Waals surface area contributed by atoms with Crippen molar-refractivity contribution >= 4 is 37.7 Å². The molecule has 166 valence electrons. The number of benzene rings is 3. The van der Waals surface area contributed by atoms with Crippen molar-refractivity contribution in [2.75, 3.05) is 37.6 Å². The Morgan fingerprint density at radius 3 is 2.15 bits per heavy atom. The summed E-state index contributed by atoms with van der Waals surface area (Å²) in [5, 5.41) is 1.31. The van der Waals surface area contributed by atoms with Crippen molar-refractivity contribution in [2.45, 2.75) is 13.0 Å². The zero-order valence-corrected chi connectivity index (χ0v) is 19.5. The standard InChI is InChI=1S/C28H28N4S/c1-3-9-22(10-4-1)15-16-30-17-19-31(20-18-30)28-29-27-26(24-13-7-8-14-25(24)33-27)32(28)21-23-11-5-2-6-12-23/h1-14H,15-21H2. The molecule has 0 unspecified atom stereocenters. The molecule has 0 atom stereocenters. The highest BCUT2D eigenvalue weighted by Crippen LogP contribution is 2.37. The van der Waals surface area contributed by atoms with Gasteiger partial charge < -0.3 is 9.47 Å². The molecule has 0 aliphatic carbocycles. The van der Waals surface area contributed by atoms with E-state index in [1.165, 1.54) is 26.7 Å². The Morgan fingerprint density at radius 1 is 0.727 bits per heavy atom. The third-order valence-electron chi connectivity index (χ3n) is 6.66. The van der Waals surface area contributed by atoms with Crippen molar-refractivity contribution in [3.05, 3.63) is 96.1 Å². The minimum atomic E-state index is 0.849. The van der Waals surface area contributed by atoms with Crippen molar-refractivity contribution in [2.24, 2.45) is 0 Å². The molecule has 0 amide bonds. The van der Waals surface area contributed by atoms with Crippen molar-refractivity contribution < 1.29 is 0 Å². The molecule has 2 aromatic heterocycles. The van der Waals surface area contributed by atoms with Gasteiger partial charge in [-0.2, -0.15) is 0 Å². The largest absolute Gasteiger partial charge is 0.340 e. The minimum absolute atomic E-state index is 0.849. The van der Waals surface area contributed by atoms with E-state index in [1.807, 2.05) is 11.3 Å². The normalized spacial score (nSPS) is 15.0. The van der Waals surface area contributed by atoms with Gasteiger partial charge in [-0.15, -0.1) is 11.3 Å². The molecule has 1 aliphatic rings. The summed E-state index contributed by atoms with van der Waals surface area (Å²) in [7, 11) is 0. The van der Waals surface area contributed by atoms with Gasteiger partial charge in [0, 0.05) is 42.8 Å². The topological polar surface area (TPSA) is 24.3 Å². The molecule has 4 nitrogen and oxygen atoms in total. The predicted octanol–water partition coefficient (Wildman–Crippen LogP) is 5.66. The average Bonchev–Trinajstić information content (AvgIpc) is 3.41. The Balaban J connectivity index is 1.26. The van der Waals surface area contributed by atoms with Crippen molar-refractivity contribution in [1.29, 1.82) is 0 Å². The molecular formula is C28H28N4S. The molecule has 0 radical (unpaired) electrons. The van der Waals surface area contributed by atoms with Gasteiger partial charge in [-0.05, 0) is 23.6 Å². The van der Waals surface area contributed by atoms with E-state index in [4.69, 9.17) is 4.98 Å². The zero-order valence-electron chi connectivity index (χ0n) is 18.7. The van der Waals surface area contributed by atoms with E-state index in [0.29, 0.717) is 0 Å². The summed E-state index contributed by atoms with van der Waals surface area (Å²) in [6.45, 7) is 6.17. The second-order valence-electron chi connectivity index (χ2n) is 8.80. The molecule has 0 saturated carbocycles. The van der Waals surface area contributed by atoms with Crippen LogP contribution in [0.15, 0.2) is 84.9 Å². The Labute approximate surface area is 198 Å². The number of imidazole rings is 1. The first-order chi connectivity index (χ1) is 16.3. The van der Waals surface area contributed by atoms with Gasteiger partial charge in [-0.25, -0.2) is 4.98 Å². The van der Waals surface area contributed by atoms with E-state index in [-0.39, 0.29) is 0 Å². The summed E-state index contributed by atoms with van der Waals surface area (Å²) in [6.07, 6.45) is 1.12. The van der Waals surface area contributed by atoms with Crippen LogP contribution in [-0.2, 0) is 13.0 Å². The number of fused-ring (bicyclic) bond motifs is 3. The van der Waals surface area contributed by atoms with Gasteiger partial charge in [0.25, 0.3) is 0 Å². The van der Waals surface area contributed by atoms with Gasteiger partial charge in [-0.1, -0.05) is 78.9 Å². The number of hydrogen-bond donors (Lipinski definition) is 0. The van der Waals surface area contributed by atoms with Crippen LogP contribution in [0.3, 0.4) is 0 Å². The highest BCUT2D eigenvalue weighted by molar-refractivity contribution is 7.25. The molecule has 0 N–H and O–H groups in total. The summed E-state index contributed by atoms with van der Waals surface area (Å²) >= 11 is 1.81. The molecule has 1 aliphatic heterocycles.